The molecule has 1 heteroatoms. The van der Waals surface area contributed by atoms with Gasteiger partial charge in [0.05, 0.1) is 0 Å². The third-order valence-corrected chi connectivity index (χ3v) is 5.73. The van der Waals surface area contributed by atoms with Crippen molar-refractivity contribution in [2.24, 2.45) is 23.2 Å². The molecule has 100 valence electrons. The smallest absolute Gasteiger partial charge is 0.0121 e. The van der Waals surface area contributed by atoms with Gasteiger partial charge in [-0.3, -0.25) is 0 Å². The zero-order valence-corrected chi connectivity index (χ0v) is 12.3. The Morgan fingerprint density at radius 2 is 1.94 bits per heavy atom. The number of hydrogen-bond acceptors (Lipinski definition) is 1. The molecule has 0 heterocycles. The maximum Gasteiger partial charge on any atom is 0.0121 e. The zero-order chi connectivity index (χ0) is 12.5. The molecular weight excluding hydrogens is 206 g/mol. The first-order valence-electron chi connectivity index (χ1n) is 7.80. The SMILES string of the molecule is CCNC(CC1CC2CCC1C2)C(C)(C)CC. The summed E-state index contributed by atoms with van der Waals surface area (Å²) in [6.07, 6.45) is 8.86. The second-order valence-electron chi connectivity index (χ2n) is 7.12. The largest absolute Gasteiger partial charge is 0.314 e. The fourth-order valence-electron chi connectivity index (χ4n) is 4.14. The van der Waals surface area contributed by atoms with E-state index in [-0.39, 0.29) is 0 Å². The van der Waals surface area contributed by atoms with E-state index in [1.165, 1.54) is 32.1 Å². The minimum absolute atomic E-state index is 0.456. The van der Waals surface area contributed by atoms with Crippen molar-refractivity contribution in [3.8, 4) is 0 Å². The topological polar surface area (TPSA) is 12.0 Å². The molecule has 2 rings (SSSR count). The van der Waals surface area contributed by atoms with Crippen LogP contribution in [0, 0.1) is 23.2 Å². The molecule has 2 saturated carbocycles. The van der Waals surface area contributed by atoms with Crippen molar-refractivity contribution in [3.05, 3.63) is 0 Å². The highest BCUT2D eigenvalue weighted by molar-refractivity contribution is 4.94. The van der Waals surface area contributed by atoms with E-state index >= 15 is 0 Å². The van der Waals surface area contributed by atoms with Gasteiger partial charge in [0.1, 0.15) is 0 Å². The fraction of sp³-hybridized carbons (Fsp3) is 1.00. The van der Waals surface area contributed by atoms with Crippen molar-refractivity contribution in [2.45, 2.75) is 72.3 Å². The summed E-state index contributed by atoms with van der Waals surface area (Å²) < 4.78 is 0. The molecule has 4 atom stereocenters. The fourth-order valence-corrected chi connectivity index (χ4v) is 4.14. The summed E-state index contributed by atoms with van der Waals surface area (Å²) in [5, 5.41) is 3.76. The lowest BCUT2D eigenvalue weighted by Gasteiger charge is -2.37. The monoisotopic (exact) mass is 237 g/mol. The van der Waals surface area contributed by atoms with E-state index in [0.717, 1.165) is 30.3 Å². The lowest BCUT2D eigenvalue weighted by Crippen LogP contribution is -2.43. The van der Waals surface area contributed by atoms with Crippen LogP contribution in [0.3, 0.4) is 0 Å². The summed E-state index contributed by atoms with van der Waals surface area (Å²) in [6, 6.07) is 0.724. The molecule has 2 bridgehead atoms. The molecule has 0 aromatic carbocycles. The molecule has 0 saturated heterocycles. The van der Waals surface area contributed by atoms with Crippen molar-refractivity contribution in [1.29, 1.82) is 0 Å². The molecule has 2 aliphatic carbocycles. The van der Waals surface area contributed by atoms with Crippen LogP contribution in [0.4, 0.5) is 0 Å². The Bertz CT molecular complexity index is 246. The number of nitrogens with one attached hydrogen (secondary N) is 1. The van der Waals surface area contributed by atoms with Gasteiger partial charge in [-0.05, 0) is 61.8 Å². The summed E-state index contributed by atoms with van der Waals surface area (Å²) in [7, 11) is 0. The summed E-state index contributed by atoms with van der Waals surface area (Å²) in [5.41, 5.74) is 0.456. The van der Waals surface area contributed by atoms with Crippen LogP contribution >= 0.6 is 0 Å². The van der Waals surface area contributed by atoms with Crippen molar-refractivity contribution in [2.75, 3.05) is 6.54 Å². The van der Waals surface area contributed by atoms with E-state index < -0.39 is 0 Å². The molecule has 1 nitrogen and oxygen atoms in total. The normalized spacial score (nSPS) is 34.2. The van der Waals surface area contributed by atoms with Gasteiger partial charge in [-0.25, -0.2) is 0 Å². The van der Waals surface area contributed by atoms with Crippen LogP contribution in [0.25, 0.3) is 0 Å². The Hall–Kier alpha value is -0.0400. The molecule has 0 aromatic heterocycles. The molecule has 1 N–H and O–H groups in total. The van der Waals surface area contributed by atoms with Crippen LogP contribution in [0.5, 0.6) is 0 Å². The van der Waals surface area contributed by atoms with E-state index in [2.05, 4.69) is 33.0 Å². The molecule has 17 heavy (non-hydrogen) atoms. The van der Waals surface area contributed by atoms with Crippen molar-refractivity contribution in [3.63, 3.8) is 0 Å². The first kappa shape index (κ1) is 13.4. The zero-order valence-electron chi connectivity index (χ0n) is 12.3. The Morgan fingerprint density at radius 1 is 1.18 bits per heavy atom. The average Bonchev–Trinajstić information content (AvgIpc) is 2.90. The highest BCUT2D eigenvalue weighted by Gasteiger charge is 2.41. The highest BCUT2D eigenvalue weighted by atomic mass is 14.9. The van der Waals surface area contributed by atoms with Gasteiger partial charge in [-0.1, -0.05) is 34.1 Å². The van der Waals surface area contributed by atoms with Gasteiger partial charge in [-0.2, -0.15) is 0 Å². The Labute approximate surface area is 108 Å². The minimum atomic E-state index is 0.456. The second kappa shape index (κ2) is 5.30. The van der Waals surface area contributed by atoms with Gasteiger partial charge in [0.15, 0.2) is 0 Å². The molecule has 0 radical (unpaired) electrons. The summed E-state index contributed by atoms with van der Waals surface area (Å²) in [6.45, 7) is 10.6. The minimum Gasteiger partial charge on any atom is -0.314 e. The molecule has 0 aliphatic heterocycles. The molecule has 0 amide bonds. The third kappa shape index (κ3) is 2.86. The molecule has 2 fully saturated rings. The number of rotatable bonds is 6. The van der Waals surface area contributed by atoms with Gasteiger partial charge < -0.3 is 5.32 Å². The van der Waals surface area contributed by atoms with Gasteiger partial charge in [0.2, 0.25) is 0 Å². The van der Waals surface area contributed by atoms with Crippen LogP contribution in [0.1, 0.15) is 66.2 Å². The number of fused-ring (bicyclic) bond motifs is 2. The van der Waals surface area contributed by atoms with Gasteiger partial charge in [-0.15, -0.1) is 0 Å². The molecular formula is C16H31N. The van der Waals surface area contributed by atoms with Crippen LogP contribution in [-0.2, 0) is 0 Å². The van der Waals surface area contributed by atoms with Gasteiger partial charge in [0.25, 0.3) is 0 Å². The maximum atomic E-state index is 3.76. The van der Waals surface area contributed by atoms with Crippen LogP contribution < -0.4 is 5.32 Å². The van der Waals surface area contributed by atoms with Crippen LogP contribution in [-0.4, -0.2) is 12.6 Å². The van der Waals surface area contributed by atoms with E-state index in [1.54, 1.807) is 6.42 Å². The summed E-state index contributed by atoms with van der Waals surface area (Å²) >= 11 is 0. The van der Waals surface area contributed by atoms with Crippen LogP contribution in [0.2, 0.25) is 0 Å². The molecule has 4 unspecified atom stereocenters. The Balaban J connectivity index is 1.93. The lowest BCUT2D eigenvalue weighted by atomic mass is 9.74. The van der Waals surface area contributed by atoms with Crippen LogP contribution in [0.15, 0.2) is 0 Å². The second-order valence-corrected chi connectivity index (χ2v) is 7.12. The predicted octanol–water partition coefficient (Wildman–Crippen LogP) is 4.23. The van der Waals surface area contributed by atoms with Crippen molar-refractivity contribution in [1.82, 2.24) is 5.32 Å². The highest BCUT2D eigenvalue weighted by Crippen LogP contribution is 2.50. The average molecular weight is 237 g/mol. The van der Waals surface area contributed by atoms with E-state index in [1.807, 2.05) is 0 Å². The molecule has 2 aliphatic rings. The Morgan fingerprint density at radius 3 is 2.41 bits per heavy atom. The summed E-state index contributed by atoms with van der Waals surface area (Å²) in [4.78, 5) is 0. The third-order valence-electron chi connectivity index (χ3n) is 5.73. The van der Waals surface area contributed by atoms with E-state index in [0.29, 0.717) is 5.41 Å². The molecule has 0 aromatic rings. The standard InChI is InChI=1S/C16H31N/c1-5-16(3,4)15(17-6-2)11-14-10-12-7-8-13(14)9-12/h12-15,17H,5-11H2,1-4H3. The first-order valence-corrected chi connectivity index (χ1v) is 7.80. The maximum absolute atomic E-state index is 3.76. The molecule has 0 spiro atoms. The summed E-state index contributed by atoms with van der Waals surface area (Å²) in [5.74, 6) is 3.20. The van der Waals surface area contributed by atoms with Crippen molar-refractivity contribution >= 4 is 0 Å². The quantitative estimate of drug-likeness (QED) is 0.729. The first-order chi connectivity index (χ1) is 8.06. The van der Waals surface area contributed by atoms with Gasteiger partial charge >= 0.3 is 0 Å². The Kier molecular flexibility index (Phi) is 4.18. The van der Waals surface area contributed by atoms with E-state index in [9.17, 15) is 0 Å². The predicted molar refractivity (Wildman–Crippen MR) is 75.1 cm³/mol. The van der Waals surface area contributed by atoms with Crippen molar-refractivity contribution < 1.29 is 0 Å². The lowest BCUT2D eigenvalue weighted by molar-refractivity contribution is 0.174. The van der Waals surface area contributed by atoms with E-state index in [4.69, 9.17) is 0 Å². The number of hydrogen-bond donors (Lipinski definition) is 1. The van der Waals surface area contributed by atoms with Gasteiger partial charge in [0, 0.05) is 6.04 Å².